The molecular weight excluding hydrogens is 484 g/mol. The SMILES string of the molecule is CCCCCCCCCCOc1nc(N)nc2c1ncn2CC(=O)N[C@@H](Cc1ccccc1)C(=O)OCC. The molecule has 1 aromatic carbocycles. The Morgan fingerprint density at radius 1 is 1.00 bits per heavy atom. The van der Waals surface area contributed by atoms with Crippen molar-refractivity contribution < 1.29 is 19.1 Å². The summed E-state index contributed by atoms with van der Waals surface area (Å²) in [5, 5.41) is 2.78. The van der Waals surface area contributed by atoms with E-state index in [2.05, 4.69) is 27.2 Å². The Kier molecular flexibility index (Phi) is 11.8. The minimum Gasteiger partial charge on any atom is -0.476 e. The highest BCUT2D eigenvalue weighted by Gasteiger charge is 2.23. The Balaban J connectivity index is 1.58. The Morgan fingerprint density at radius 2 is 1.71 bits per heavy atom. The average molecular weight is 525 g/mol. The number of nitrogens with two attached hydrogens (primary N) is 1. The molecule has 0 saturated heterocycles. The molecule has 0 fully saturated rings. The normalized spacial score (nSPS) is 11.8. The summed E-state index contributed by atoms with van der Waals surface area (Å²) in [6.07, 6.45) is 11.4. The number of aromatic nitrogens is 4. The van der Waals surface area contributed by atoms with Gasteiger partial charge < -0.3 is 25.1 Å². The molecule has 0 saturated carbocycles. The second-order valence-electron chi connectivity index (χ2n) is 9.32. The molecule has 38 heavy (non-hydrogen) atoms. The average Bonchev–Trinajstić information content (AvgIpc) is 3.30. The summed E-state index contributed by atoms with van der Waals surface area (Å²) in [6.45, 7) is 4.59. The van der Waals surface area contributed by atoms with Gasteiger partial charge in [0.2, 0.25) is 17.7 Å². The number of hydrogen-bond acceptors (Lipinski definition) is 8. The summed E-state index contributed by atoms with van der Waals surface area (Å²) in [5.74, 6) is -0.512. The van der Waals surface area contributed by atoms with Gasteiger partial charge in [-0.15, -0.1) is 0 Å². The third-order valence-electron chi connectivity index (χ3n) is 6.19. The quantitative estimate of drug-likeness (QED) is 0.198. The van der Waals surface area contributed by atoms with Crippen LogP contribution >= 0.6 is 0 Å². The van der Waals surface area contributed by atoms with Gasteiger partial charge in [0.1, 0.15) is 12.6 Å². The molecule has 0 aliphatic heterocycles. The maximum atomic E-state index is 12.9. The molecule has 1 atom stereocenters. The number of unbranched alkanes of at least 4 members (excludes halogenated alkanes) is 7. The molecule has 10 heteroatoms. The van der Waals surface area contributed by atoms with Crippen LogP contribution in [0.15, 0.2) is 36.7 Å². The van der Waals surface area contributed by atoms with E-state index in [1.165, 1.54) is 44.9 Å². The van der Waals surface area contributed by atoms with Crippen LogP contribution in [0.4, 0.5) is 5.95 Å². The van der Waals surface area contributed by atoms with Crippen molar-refractivity contribution >= 4 is 29.0 Å². The van der Waals surface area contributed by atoms with E-state index in [9.17, 15) is 9.59 Å². The number of esters is 1. The summed E-state index contributed by atoms with van der Waals surface area (Å²) in [4.78, 5) is 38.3. The molecule has 3 N–H and O–H groups in total. The number of anilines is 1. The van der Waals surface area contributed by atoms with Gasteiger partial charge in [0.05, 0.1) is 19.5 Å². The fourth-order valence-electron chi connectivity index (χ4n) is 4.24. The van der Waals surface area contributed by atoms with Crippen LogP contribution in [0.5, 0.6) is 5.88 Å². The van der Waals surface area contributed by atoms with E-state index in [1.807, 2.05) is 30.3 Å². The minimum absolute atomic E-state index is 0.0408. The van der Waals surface area contributed by atoms with E-state index in [1.54, 1.807) is 11.5 Å². The topological polar surface area (TPSA) is 134 Å². The van der Waals surface area contributed by atoms with Gasteiger partial charge in [0.15, 0.2) is 11.2 Å². The van der Waals surface area contributed by atoms with Crippen LogP contribution in [-0.4, -0.2) is 50.7 Å². The van der Waals surface area contributed by atoms with Gasteiger partial charge in [0, 0.05) is 6.42 Å². The minimum atomic E-state index is -0.815. The first-order valence-electron chi connectivity index (χ1n) is 13.6. The maximum absolute atomic E-state index is 12.9. The molecule has 3 aromatic rings. The lowest BCUT2D eigenvalue weighted by Crippen LogP contribution is -2.44. The zero-order valence-corrected chi connectivity index (χ0v) is 22.5. The molecular formula is C28H40N6O4. The van der Waals surface area contributed by atoms with Crippen LogP contribution in [0, 0.1) is 0 Å². The fourth-order valence-corrected chi connectivity index (χ4v) is 4.24. The Bertz CT molecular complexity index is 1150. The number of hydrogen-bond donors (Lipinski definition) is 2. The number of nitrogens with zero attached hydrogens (tertiary/aromatic N) is 4. The van der Waals surface area contributed by atoms with Crippen molar-refractivity contribution in [3.8, 4) is 5.88 Å². The summed E-state index contributed by atoms with van der Waals surface area (Å²) in [5.41, 5.74) is 7.68. The second-order valence-corrected chi connectivity index (χ2v) is 9.32. The Morgan fingerprint density at radius 3 is 2.42 bits per heavy atom. The van der Waals surface area contributed by atoms with E-state index in [-0.39, 0.29) is 25.0 Å². The number of fused-ring (bicyclic) bond motifs is 1. The third-order valence-corrected chi connectivity index (χ3v) is 6.19. The Hall–Kier alpha value is -3.69. The summed E-state index contributed by atoms with van der Waals surface area (Å²) >= 11 is 0. The van der Waals surface area contributed by atoms with E-state index in [0.29, 0.717) is 30.1 Å². The summed E-state index contributed by atoms with van der Waals surface area (Å²) in [6, 6.07) is 8.65. The number of amides is 1. The van der Waals surface area contributed by atoms with Gasteiger partial charge in [-0.3, -0.25) is 4.79 Å². The van der Waals surface area contributed by atoms with Gasteiger partial charge in [0.25, 0.3) is 0 Å². The molecule has 1 amide bonds. The van der Waals surface area contributed by atoms with Crippen molar-refractivity contribution in [2.75, 3.05) is 18.9 Å². The molecule has 0 aliphatic carbocycles. The van der Waals surface area contributed by atoms with Crippen LogP contribution in [0.2, 0.25) is 0 Å². The van der Waals surface area contributed by atoms with Crippen molar-refractivity contribution in [3.05, 3.63) is 42.2 Å². The number of benzene rings is 1. The number of nitrogen functional groups attached to an aromatic ring is 1. The van der Waals surface area contributed by atoms with Gasteiger partial charge in [-0.05, 0) is 18.9 Å². The zero-order chi connectivity index (χ0) is 27.2. The van der Waals surface area contributed by atoms with Crippen LogP contribution in [0.3, 0.4) is 0 Å². The monoisotopic (exact) mass is 524 g/mol. The highest BCUT2D eigenvalue weighted by Crippen LogP contribution is 2.22. The number of imidazole rings is 1. The number of rotatable bonds is 17. The highest BCUT2D eigenvalue weighted by atomic mass is 16.5. The number of carbonyl (C=O) groups excluding carboxylic acids is 2. The second kappa shape index (κ2) is 15.5. The smallest absolute Gasteiger partial charge is 0.328 e. The molecule has 0 aliphatic rings. The molecule has 0 bridgehead atoms. The number of nitrogens with one attached hydrogen (secondary N) is 1. The zero-order valence-electron chi connectivity index (χ0n) is 22.5. The van der Waals surface area contributed by atoms with Crippen molar-refractivity contribution in [1.82, 2.24) is 24.8 Å². The van der Waals surface area contributed by atoms with E-state index >= 15 is 0 Å². The van der Waals surface area contributed by atoms with Crippen LogP contribution in [0.25, 0.3) is 11.2 Å². The number of carbonyl (C=O) groups is 2. The molecule has 10 nitrogen and oxygen atoms in total. The van der Waals surface area contributed by atoms with Gasteiger partial charge in [-0.1, -0.05) is 82.2 Å². The molecule has 2 aromatic heterocycles. The van der Waals surface area contributed by atoms with Crippen molar-refractivity contribution in [2.45, 2.75) is 84.2 Å². The van der Waals surface area contributed by atoms with Crippen LogP contribution in [-0.2, 0) is 27.3 Å². The predicted octanol–water partition coefficient (Wildman–Crippen LogP) is 4.22. The number of ether oxygens (including phenoxy) is 2. The highest BCUT2D eigenvalue weighted by molar-refractivity contribution is 5.86. The standard InChI is InChI=1S/C28H40N6O4/c1-3-5-6-7-8-9-10-14-17-38-26-24-25(32-28(29)33-26)34(20-30-24)19-23(35)31-22(27(36)37-4-2)18-21-15-12-11-13-16-21/h11-13,15-16,20,22H,3-10,14,17-19H2,1-2H3,(H,31,35)(H2,29,32,33)/t22-/m0/s1. The van der Waals surface area contributed by atoms with E-state index < -0.39 is 12.0 Å². The lowest BCUT2D eigenvalue weighted by molar-refractivity contribution is -0.147. The van der Waals surface area contributed by atoms with Crippen LogP contribution in [0.1, 0.15) is 70.8 Å². The first kappa shape index (κ1) is 28.9. The Labute approximate surface area is 224 Å². The lowest BCUT2D eigenvalue weighted by Gasteiger charge is -2.17. The molecule has 3 rings (SSSR count). The van der Waals surface area contributed by atoms with Gasteiger partial charge in [-0.25, -0.2) is 9.78 Å². The fraction of sp³-hybridized carbons (Fsp3) is 0.536. The van der Waals surface area contributed by atoms with Gasteiger partial charge in [-0.2, -0.15) is 9.97 Å². The molecule has 0 spiro atoms. The van der Waals surface area contributed by atoms with Crippen molar-refractivity contribution in [3.63, 3.8) is 0 Å². The largest absolute Gasteiger partial charge is 0.476 e. The predicted molar refractivity (Wildman–Crippen MR) is 147 cm³/mol. The summed E-state index contributed by atoms with van der Waals surface area (Å²) in [7, 11) is 0. The van der Waals surface area contributed by atoms with Gasteiger partial charge >= 0.3 is 5.97 Å². The summed E-state index contributed by atoms with van der Waals surface area (Å²) < 4.78 is 12.6. The maximum Gasteiger partial charge on any atom is 0.328 e. The van der Waals surface area contributed by atoms with E-state index in [4.69, 9.17) is 15.2 Å². The molecule has 2 heterocycles. The van der Waals surface area contributed by atoms with Crippen LogP contribution < -0.4 is 15.8 Å². The molecule has 0 radical (unpaired) electrons. The van der Waals surface area contributed by atoms with Crippen molar-refractivity contribution in [2.24, 2.45) is 0 Å². The third kappa shape index (κ3) is 9.00. The lowest BCUT2D eigenvalue weighted by atomic mass is 10.1. The first-order chi connectivity index (χ1) is 18.5. The van der Waals surface area contributed by atoms with E-state index in [0.717, 1.165) is 18.4 Å². The molecule has 206 valence electrons. The van der Waals surface area contributed by atoms with Crippen molar-refractivity contribution in [1.29, 1.82) is 0 Å². The molecule has 0 unspecified atom stereocenters. The first-order valence-corrected chi connectivity index (χ1v) is 13.6.